The van der Waals surface area contributed by atoms with Gasteiger partial charge in [0.05, 0.1) is 25.0 Å². The van der Waals surface area contributed by atoms with Gasteiger partial charge in [0.1, 0.15) is 5.75 Å². The van der Waals surface area contributed by atoms with E-state index in [0.29, 0.717) is 28.5 Å². The van der Waals surface area contributed by atoms with Gasteiger partial charge in [-0.05, 0) is 104 Å². The molecule has 4 N–H and O–H groups in total. The van der Waals surface area contributed by atoms with Crippen molar-refractivity contribution >= 4 is 17.2 Å². The molecule has 0 spiro atoms. The van der Waals surface area contributed by atoms with E-state index in [1.54, 1.807) is 13.2 Å². The van der Waals surface area contributed by atoms with Gasteiger partial charge in [0, 0.05) is 12.0 Å². The van der Waals surface area contributed by atoms with E-state index >= 15 is 0 Å². The highest BCUT2D eigenvalue weighted by Gasteiger charge is 2.60. The predicted octanol–water partition coefficient (Wildman–Crippen LogP) is 5.82. The van der Waals surface area contributed by atoms with E-state index < -0.39 is 0 Å². The molecule has 1 aromatic rings. The Morgan fingerprint density at radius 3 is 2.53 bits per heavy atom. The molecule has 0 radical (unpaired) electrons. The van der Waals surface area contributed by atoms with Crippen LogP contribution in [0.15, 0.2) is 18.2 Å². The number of Topliss-reactive ketones (excluding diaryl/α,β-unsaturated/α-hetero) is 1. The molecule has 5 heteroatoms. The smallest absolute Gasteiger partial charge is 0.157 e. The number of benzene rings is 1. The molecule has 0 aliphatic heterocycles. The van der Waals surface area contributed by atoms with E-state index in [0.717, 1.165) is 30.1 Å². The Hall–Kier alpha value is -1.75. The summed E-state index contributed by atoms with van der Waals surface area (Å²) in [4.78, 5) is 13.6. The Labute approximate surface area is 205 Å². The lowest BCUT2D eigenvalue weighted by Crippen LogP contribution is -2.54. The van der Waals surface area contributed by atoms with Crippen LogP contribution in [0.4, 0.5) is 11.4 Å². The fourth-order valence-electron chi connectivity index (χ4n) is 9.29. The number of ketones is 1. The summed E-state index contributed by atoms with van der Waals surface area (Å²) >= 11 is 0. The van der Waals surface area contributed by atoms with Gasteiger partial charge in [-0.1, -0.05) is 27.2 Å². The zero-order valence-electron chi connectivity index (χ0n) is 21.7. The molecule has 188 valence electrons. The summed E-state index contributed by atoms with van der Waals surface area (Å²) in [6.07, 6.45) is 11.8. The largest absolute Gasteiger partial charge is 0.497 e. The highest BCUT2D eigenvalue weighted by molar-refractivity contribution is 5.87. The number of hydrogen-bond donors (Lipinski definition) is 2. The molecule has 5 nitrogen and oxygen atoms in total. The number of hydrazine groups is 1. The van der Waals surface area contributed by atoms with Gasteiger partial charge < -0.3 is 15.5 Å². The molecule has 0 bridgehead atoms. The highest BCUT2D eigenvalue weighted by atomic mass is 16.5. The van der Waals surface area contributed by atoms with Crippen molar-refractivity contribution in [3.05, 3.63) is 18.2 Å². The normalized spacial score (nSPS) is 41.2. The first-order valence-corrected chi connectivity index (χ1v) is 13.7. The van der Waals surface area contributed by atoms with Crippen LogP contribution < -0.4 is 21.3 Å². The number of nitrogen functional groups attached to an aromatic ring is 1. The molecule has 4 fully saturated rings. The van der Waals surface area contributed by atoms with E-state index in [1.807, 2.05) is 12.1 Å². The van der Waals surface area contributed by atoms with Crippen LogP contribution in [-0.4, -0.2) is 19.4 Å². The van der Waals surface area contributed by atoms with Crippen molar-refractivity contribution in [3.63, 3.8) is 0 Å². The number of carbonyl (C=O) groups is 1. The first-order valence-electron chi connectivity index (χ1n) is 13.7. The second kappa shape index (κ2) is 8.72. The maximum Gasteiger partial charge on any atom is 0.157 e. The molecule has 4 saturated carbocycles. The Balaban J connectivity index is 1.30. The second-order valence-corrected chi connectivity index (χ2v) is 12.7. The van der Waals surface area contributed by atoms with Crippen LogP contribution in [0.3, 0.4) is 0 Å². The molecule has 0 amide bonds. The molecule has 0 heterocycles. The Kier molecular flexibility index (Phi) is 6.15. The average Bonchev–Trinajstić information content (AvgIpc) is 3.16. The number of carbonyl (C=O) groups excluding carboxylic acids is 1. The van der Waals surface area contributed by atoms with Gasteiger partial charge in [-0.15, -0.1) is 0 Å². The molecule has 8 atom stereocenters. The van der Waals surface area contributed by atoms with E-state index in [2.05, 4.69) is 20.8 Å². The summed E-state index contributed by atoms with van der Waals surface area (Å²) < 4.78 is 5.25. The molecule has 5 rings (SSSR count). The minimum absolute atomic E-state index is 0.112. The van der Waals surface area contributed by atoms with E-state index in [4.69, 9.17) is 16.3 Å². The SMILES string of the molecule is COc1ccc(N(N)CC(=O)C2CCC3C4CCC5CC(C)CCC5(C)C4CCC23C)c(N)c1. The highest BCUT2D eigenvalue weighted by Crippen LogP contribution is 2.67. The summed E-state index contributed by atoms with van der Waals surface area (Å²) in [7, 11) is 1.62. The molecular weight excluding hydrogens is 422 g/mol. The number of rotatable bonds is 5. The third-order valence-corrected chi connectivity index (χ3v) is 11.2. The number of hydrogen-bond acceptors (Lipinski definition) is 5. The van der Waals surface area contributed by atoms with Gasteiger partial charge in [-0.2, -0.15) is 0 Å². The van der Waals surface area contributed by atoms with E-state index in [9.17, 15) is 4.79 Å². The number of nitrogens with two attached hydrogens (primary N) is 2. The van der Waals surface area contributed by atoms with Crippen molar-refractivity contribution in [2.75, 3.05) is 24.4 Å². The number of methoxy groups -OCH3 is 1. The molecular formula is C29H45N3O2. The van der Waals surface area contributed by atoms with Crippen molar-refractivity contribution in [1.29, 1.82) is 0 Å². The molecule has 34 heavy (non-hydrogen) atoms. The first-order chi connectivity index (χ1) is 16.2. The third kappa shape index (κ3) is 3.73. The molecule has 4 aliphatic carbocycles. The summed E-state index contributed by atoms with van der Waals surface area (Å²) in [5, 5.41) is 1.54. The van der Waals surface area contributed by atoms with Crippen LogP contribution in [0.1, 0.15) is 78.6 Å². The minimum Gasteiger partial charge on any atom is -0.497 e. The molecule has 8 unspecified atom stereocenters. The van der Waals surface area contributed by atoms with Crippen molar-refractivity contribution in [2.45, 2.75) is 78.6 Å². The van der Waals surface area contributed by atoms with Crippen molar-refractivity contribution in [3.8, 4) is 5.75 Å². The minimum atomic E-state index is 0.112. The van der Waals surface area contributed by atoms with Crippen LogP contribution in [0.25, 0.3) is 0 Å². The lowest BCUT2D eigenvalue weighted by Gasteiger charge is -2.61. The lowest BCUT2D eigenvalue weighted by atomic mass is 9.44. The first kappa shape index (κ1) is 24.0. The van der Waals surface area contributed by atoms with Gasteiger partial charge in [0.25, 0.3) is 0 Å². The number of nitrogens with zero attached hydrogens (tertiary/aromatic N) is 1. The van der Waals surface area contributed by atoms with Crippen LogP contribution in [0, 0.1) is 46.3 Å². The third-order valence-electron chi connectivity index (χ3n) is 11.2. The summed E-state index contributed by atoms with van der Waals surface area (Å²) in [6, 6.07) is 5.44. The van der Waals surface area contributed by atoms with Gasteiger partial charge in [-0.25, -0.2) is 5.84 Å². The molecule has 1 aromatic carbocycles. The van der Waals surface area contributed by atoms with Crippen LogP contribution >= 0.6 is 0 Å². The summed E-state index contributed by atoms with van der Waals surface area (Å²) in [5.74, 6) is 11.6. The van der Waals surface area contributed by atoms with Crippen molar-refractivity contribution < 1.29 is 9.53 Å². The maximum atomic E-state index is 13.6. The Morgan fingerprint density at radius 1 is 1.06 bits per heavy atom. The summed E-state index contributed by atoms with van der Waals surface area (Å²) in [6.45, 7) is 7.74. The average molecular weight is 468 g/mol. The molecule has 4 aliphatic rings. The maximum absolute atomic E-state index is 13.6. The van der Waals surface area contributed by atoms with Crippen molar-refractivity contribution in [1.82, 2.24) is 0 Å². The fraction of sp³-hybridized carbons (Fsp3) is 0.759. The molecule has 0 aromatic heterocycles. The van der Waals surface area contributed by atoms with E-state index in [1.165, 1.54) is 56.4 Å². The Bertz CT molecular complexity index is 934. The lowest BCUT2D eigenvalue weighted by molar-refractivity contribution is -0.135. The topological polar surface area (TPSA) is 81.6 Å². The van der Waals surface area contributed by atoms with E-state index in [-0.39, 0.29) is 23.7 Å². The number of anilines is 2. The second-order valence-electron chi connectivity index (χ2n) is 12.7. The van der Waals surface area contributed by atoms with Gasteiger partial charge in [-0.3, -0.25) is 4.79 Å². The quantitative estimate of drug-likeness (QED) is 0.324. The van der Waals surface area contributed by atoms with Crippen LogP contribution in [-0.2, 0) is 4.79 Å². The van der Waals surface area contributed by atoms with Crippen LogP contribution in [0.2, 0.25) is 0 Å². The van der Waals surface area contributed by atoms with Gasteiger partial charge in [0.15, 0.2) is 5.78 Å². The number of fused-ring (bicyclic) bond motifs is 5. The van der Waals surface area contributed by atoms with Crippen LogP contribution in [0.5, 0.6) is 5.75 Å². The zero-order chi connectivity index (χ0) is 24.3. The number of ether oxygens (including phenoxy) is 1. The van der Waals surface area contributed by atoms with Crippen molar-refractivity contribution in [2.24, 2.45) is 52.2 Å². The van der Waals surface area contributed by atoms with Gasteiger partial charge in [0.2, 0.25) is 0 Å². The monoisotopic (exact) mass is 467 g/mol. The zero-order valence-corrected chi connectivity index (χ0v) is 21.7. The summed E-state index contributed by atoms with van der Waals surface area (Å²) in [5.41, 5.74) is 8.07. The molecule has 0 saturated heterocycles. The van der Waals surface area contributed by atoms with Gasteiger partial charge >= 0.3 is 0 Å². The standard InChI is InChI=1S/C29H45N3O2/c1-18-11-13-28(2)19(15-18)5-7-21-22-8-9-24(29(22,3)14-12-23(21)28)27(33)17-32(31)26-10-6-20(34-4)16-25(26)30/h6,10,16,18-19,21-24H,5,7-9,11-15,17,30-31H2,1-4H3. The fourth-order valence-corrected chi connectivity index (χ4v) is 9.29. The predicted molar refractivity (Wildman–Crippen MR) is 138 cm³/mol. The Morgan fingerprint density at radius 2 is 1.79 bits per heavy atom.